The van der Waals surface area contributed by atoms with Gasteiger partial charge in [-0.15, -0.1) is 0 Å². The van der Waals surface area contributed by atoms with Gasteiger partial charge in [0, 0.05) is 0 Å². The predicted molar refractivity (Wildman–Crippen MR) is 51.5 cm³/mol. The van der Waals surface area contributed by atoms with Crippen LogP contribution in [-0.2, 0) is 4.79 Å². The number of hydrogen-bond donors (Lipinski definition) is 2. The van der Waals surface area contributed by atoms with Crippen LogP contribution in [0.5, 0.6) is 0 Å². The Morgan fingerprint density at radius 1 is 1.38 bits per heavy atom. The maximum atomic E-state index is 10.5. The molecule has 78 valence electrons. The highest BCUT2D eigenvalue weighted by Gasteiger charge is 2.21. The van der Waals surface area contributed by atoms with Crippen LogP contribution in [0, 0.1) is 11.3 Å². The minimum absolute atomic E-state index is 0.0532. The summed E-state index contributed by atoms with van der Waals surface area (Å²) in [7, 11) is 0. The lowest BCUT2D eigenvalue weighted by Crippen LogP contribution is -2.22. The molecule has 0 aliphatic rings. The highest BCUT2D eigenvalue weighted by Crippen LogP contribution is 2.23. The fourth-order valence-corrected chi connectivity index (χ4v) is 1.30. The number of carboxylic acids is 1. The minimum Gasteiger partial charge on any atom is -0.481 e. The minimum atomic E-state index is -0.840. The van der Waals surface area contributed by atoms with Crippen LogP contribution in [0.1, 0.15) is 40.5 Å². The maximum absolute atomic E-state index is 10.5. The second kappa shape index (κ2) is 4.61. The van der Waals surface area contributed by atoms with Crippen LogP contribution in [0.3, 0.4) is 0 Å². The van der Waals surface area contributed by atoms with Gasteiger partial charge in [-0.3, -0.25) is 4.79 Å². The normalized spacial score (nSPS) is 16.7. The molecule has 0 aromatic rings. The molecule has 0 radical (unpaired) electrons. The number of carboxylic acid groups (broad SMARTS) is 1. The van der Waals surface area contributed by atoms with E-state index in [1.54, 1.807) is 6.92 Å². The first kappa shape index (κ1) is 12.4. The first-order valence-electron chi connectivity index (χ1n) is 4.63. The third kappa shape index (κ3) is 6.58. The predicted octanol–water partition coefficient (Wildman–Crippen LogP) is 1.89. The van der Waals surface area contributed by atoms with Crippen molar-refractivity contribution < 1.29 is 15.0 Å². The Labute approximate surface area is 79.8 Å². The number of aliphatic hydroxyl groups is 1. The van der Waals surface area contributed by atoms with Crippen molar-refractivity contribution in [1.29, 1.82) is 0 Å². The van der Waals surface area contributed by atoms with Gasteiger partial charge in [-0.05, 0) is 18.3 Å². The summed E-state index contributed by atoms with van der Waals surface area (Å²) in [6.07, 6.45) is 0.475. The number of rotatable bonds is 4. The van der Waals surface area contributed by atoms with E-state index in [4.69, 9.17) is 5.11 Å². The molecule has 0 saturated heterocycles. The van der Waals surface area contributed by atoms with Crippen molar-refractivity contribution in [3.8, 4) is 0 Å². The number of aliphatic hydroxyl groups excluding tert-OH is 1. The first-order valence-corrected chi connectivity index (χ1v) is 4.63. The average Bonchev–Trinajstić information content (AvgIpc) is 1.81. The molecule has 0 amide bonds. The van der Waals surface area contributed by atoms with Crippen molar-refractivity contribution in [2.75, 3.05) is 0 Å². The van der Waals surface area contributed by atoms with Crippen LogP contribution in [0.2, 0.25) is 0 Å². The Balaban J connectivity index is 3.88. The Morgan fingerprint density at radius 3 is 2.15 bits per heavy atom. The van der Waals surface area contributed by atoms with E-state index in [0.29, 0.717) is 12.8 Å². The van der Waals surface area contributed by atoms with Crippen LogP contribution in [0.25, 0.3) is 0 Å². The molecule has 2 N–H and O–H groups in total. The lowest BCUT2D eigenvalue weighted by Gasteiger charge is -2.23. The zero-order valence-electron chi connectivity index (χ0n) is 8.87. The van der Waals surface area contributed by atoms with Gasteiger partial charge in [-0.25, -0.2) is 0 Å². The van der Waals surface area contributed by atoms with E-state index in [1.165, 1.54) is 0 Å². The number of carbonyl (C=O) groups is 1. The molecule has 0 heterocycles. The van der Waals surface area contributed by atoms with E-state index in [-0.39, 0.29) is 5.41 Å². The van der Waals surface area contributed by atoms with Gasteiger partial charge in [-0.1, -0.05) is 27.7 Å². The van der Waals surface area contributed by atoms with E-state index in [2.05, 4.69) is 0 Å². The molecule has 2 atom stereocenters. The zero-order chi connectivity index (χ0) is 10.6. The summed E-state index contributed by atoms with van der Waals surface area (Å²) in [5, 5.41) is 18.2. The first-order chi connectivity index (χ1) is 5.72. The SMILES string of the molecule is CC(CC(O)CC(C)(C)C)C(=O)O. The highest BCUT2D eigenvalue weighted by atomic mass is 16.4. The van der Waals surface area contributed by atoms with Crippen molar-refractivity contribution >= 4 is 5.97 Å². The van der Waals surface area contributed by atoms with Crippen LogP contribution in [0.15, 0.2) is 0 Å². The molecule has 0 aliphatic heterocycles. The van der Waals surface area contributed by atoms with Gasteiger partial charge in [0.15, 0.2) is 0 Å². The molecule has 0 bridgehead atoms. The zero-order valence-corrected chi connectivity index (χ0v) is 8.87. The number of aliphatic carboxylic acids is 1. The molecule has 0 aromatic heterocycles. The van der Waals surface area contributed by atoms with Crippen molar-refractivity contribution in [2.45, 2.75) is 46.6 Å². The lowest BCUT2D eigenvalue weighted by molar-refractivity contribution is -0.142. The van der Waals surface area contributed by atoms with Gasteiger partial charge in [0.2, 0.25) is 0 Å². The summed E-state index contributed by atoms with van der Waals surface area (Å²) in [5.41, 5.74) is 0.0532. The van der Waals surface area contributed by atoms with Gasteiger partial charge in [0.1, 0.15) is 0 Å². The van der Waals surface area contributed by atoms with E-state index in [1.807, 2.05) is 20.8 Å². The largest absolute Gasteiger partial charge is 0.481 e. The third-order valence-electron chi connectivity index (χ3n) is 1.90. The molecule has 0 fully saturated rings. The second-order valence-corrected chi connectivity index (χ2v) is 4.89. The molecule has 0 rings (SSSR count). The van der Waals surface area contributed by atoms with Gasteiger partial charge in [-0.2, -0.15) is 0 Å². The molecular formula is C10H20O3. The Hall–Kier alpha value is -0.570. The summed E-state index contributed by atoms with van der Waals surface area (Å²) in [6, 6.07) is 0. The van der Waals surface area contributed by atoms with Crippen LogP contribution < -0.4 is 0 Å². The molecule has 0 aliphatic carbocycles. The monoisotopic (exact) mass is 188 g/mol. The quantitative estimate of drug-likeness (QED) is 0.708. The Morgan fingerprint density at radius 2 is 1.85 bits per heavy atom. The van der Waals surface area contributed by atoms with E-state index >= 15 is 0 Å². The average molecular weight is 188 g/mol. The van der Waals surface area contributed by atoms with Gasteiger partial charge in [0.25, 0.3) is 0 Å². The third-order valence-corrected chi connectivity index (χ3v) is 1.90. The van der Waals surface area contributed by atoms with Crippen molar-refractivity contribution in [2.24, 2.45) is 11.3 Å². The lowest BCUT2D eigenvalue weighted by atomic mass is 9.86. The molecule has 0 spiro atoms. The van der Waals surface area contributed by atoms with Gasteiger partial charge >= 0.3 is 5.97 Å². The Bertz CT molecular complexity index is 169. The van der Waals surface area contributed by atoms with Crippen molar-refractivity contribution in [3.05, 3.63) is 0 Å². The van der Waals surface area contributed by atoms with Crippen molar-refractivity contribution in [1.82, 2.24) is 0 Å². The fourth-order valence-electron chi connectivity index (χ4n) is 1.30. The molecule has 0 saturated carbocycles. The molecule has 13 heavy (non-hydrogen) atoms. The summed E-state index contributed by atoms with van der Waals surface area (Å²) in [5.74, 6) is -1.30. The molecule has 3 heteroatoms. The fraction of sp³-hybridized carbons (Fsp3) is 0.900. The molecule has 0 aromatic carbocycles. The molecule has 3 nitrogen and oxygen atoms in total. The molecule has 2 unspecified atom stereocenters. The topological polar surface area (TPSA) is 57.5 Å². The summed E-state index contributed by atoms with van der Waals surface area (Å²) in [6.45, 7) is 7.71. The summed E-state index contributed by atoms with van der Waals surface area (Å²) in [4.78, 5) is 10.5. The molecular weight excluding hydrogens is 168 g/mol. The van der Waals surface area contributed by atoms with Gasteiger partial charge < -0.3 is 10.2 Å². The van der Waals surface area contributed by atoms with E-state index < -0.39 is 18.0 Å². The smallest absolute Gasteiger partial charge is 0.306 e. The van der Waals surface area contributed by atoms with Crippen LogP contribution >= 0.6 is 0 Å². The summed E-state index contributed by atoms with van der Waals surface area (Å²) >= 11 is 0. The van der Waals surface area contributed by atoms with Crippen LogP contribution in [0.4, 0.5) is 0 Å². The standard InChI is InChI=1S/C10H20O3/c1-7(9(12)13)5-8(11)6-10(2,3)4/h7-8,11H,5-6H2,1-4H3,(H,12,13). The highest BCUT2D eigenvalue weighted by molar-refractivity contribution is 5.69. The van der Waals surface area contributed by atoms with E-state index in [0.717, 1.165) is 0 Å². The number of hydrogen-bond acceptors (Lipinski definition) is 2. The second-order valence-electron chi connectivity index (χ2n) is 4.89. The Kier molecular flexibility index (Phi) is 4.40. The maximum Gasteiger partial charge on any atom is 0.306 e. The van der Waals surface area contributed by atoms with Crippen LogP contribution in [-0.4, -0.2) is 22.3 Å². The van der Waals surface area contributed by atoms with Gasteiger partial charge in [0.05, 0.1) is 12.0 Å². The van der Waals surface area contributed by atoms with Crippen molar-refractivity contribution in [3.63, 3.8) is 0 Å². The summed E-state index contributed by atoms with van der Waals surface area (Å²) < 4.78 is 0. The van der Waals surface area contributed by atoms with E-state index in [9.17, 15) is 9.90 Å².